The number of allylic oxidation sites excluding steroid dienone is 1. The van der Waals surface area contributed by atoms with Crippen LogP contribution in [0.3, 0.4) is 0 Å². The van der Waals surface area contributed by atoms with E-state index in [0.717, 1.165) is 17.9 Å². The second kappa shape index (κ2) is 18.8. The summed E-state index contributed by atoms with van der Waals surface area (Å²) in [5, 5.41) is 10.8. The maximum absolute atomic E-state index is 9.33. The summed E-state index contributed by atoms with van der Waals surface area (Å²) >= 11 is 5.70. The van der Waals surface area contributed by atoms with Crippen LogP contribution >= 0.6 is 11.6 Å². The highest BCUT2D eigenvalue weighted by atomic mass is 35.5. The molecule has 0 unspecified atom stereocenters. The lowest BCUT2D eigenvalue weighted by atomic mass is 9.78. The van der Waals surface area contributed by atoms with E-state index in [4.69, 9.17) is 32.7 Å². The number of halogens is 1. The van der Waals surface area contributed by atoms with Crippen LogP contribution in [0.4, 0.5) is 0 Å². The molecule has 2 rings (SSSR count). The number of nitrogens with zero attached hydrogens (tertiary/aromatic N) is 1. The molecule has 0 saturated carbocycles. The largest absolute Gasteiger partial charge is 0.494 e. The third-order valence-corrected chi connectivity index (χ3v) is 5.73. The summed E-state index contributed by atoms with van der Waals surface area (Å²) < 4.78 is 11.5. The van der Waals surface area contributed by atoms with Gasteiger partial charge >= 0.3 is 0 Å². The summed E-state index contributed by atoms with van der Waals surface area (Å²) in [6.45, 7) is 15.6. The van der Waals surface area contributed by atoms with Crippen molar-refractivity contribution in [2.45, 2.75) is 66.7 Å². The topological polar surface area (TPSA) is 94.0 Å². The predicted molar refractivity (Wildman–Crippen MR) is 154 cm³/mol. The Balaban J connectivity index is 0.00000291. The van der Waals surface area contributed by atoms with Crippen molar-refractivity contribution in [2.75, 3.05) is 32.2 Å². The van der Waals surface area contributed by atoms with Gasteiger partial charge in [0.1, 0.15) is 11.5 Å². The van der Waals surface area contributed by atoms with Gasteiger partial charge < -0.3 is 25.3 Å². The SMILES string of the molecule is C/C(N)=C(\CO)N(N)CCCOc1ccc(C(C)(C)c2ccc(OCCCCl)cc2)cc1.CC.CC. The van der Waals surface area contributed by atoms with E-state index in [1.54, 1.807) is 6.92 Å². The van der Waals surface area contributed by atoms with E-state index in [0.29, 0.717) is 43.5 Å². The quantitative estimate of drug-likeness (QED) is 0.126. The number of hydrogen-bond acceptors (Lipinski definition) is 6. The summed E-state index contributed by atoms with van der Waals surface area (Å²) in [5.74, 6) is 8.21. The molecular formula is C29H48ClN3O3. The monoisotopic (exact) mass is 521 g/mol. The Kier molecular flexibility index (Phi) is 17.5. The van der Waals surface area contributed by atoms with Gasteiger partial charge in [-0.15, -0.1) is 11.6 Å². The summed E-state index contributed by atoms with van der Waals surface area (Å²) in [6.07, 6.45) is 1.54. The molecule has 7 heteroatoms. The number of hydrazine groups is 1. The lowest BCUT2D eigenvalue weighted by Gasteiger charge is -2.26. The first-order valence-corrected chi connectivity index (χ1v) is 13.4. The van der Waals surface area contributed by atoms with Crippen molar-refractivity contribution < 1.29 is 14.6 Å². The van der Waals surface area contributed by atoms with Crippen LogP contribution < -0.4 is 21.1 Å². The molecule has 2 aromatic carbocycles. The first-order valence-electron chi connectivity index (χ1n) is 12.9. The maximum Gasteiger partial charge on any atom is 0.119 e. The standard InChI is InChI=1S/C25H36ClN3O3.2C2H6/c1-19(27)24(18-30)29(28)15-5-17-32-23-12-8-21(9-13-23)25(2,3)20-6-10-22(11-7-20)31-16-4-14-26;2*1-2/h6-13,30H,4-5,14-18,27-28H2,1-3H3;2*1-2H3/b24-19-;;. The molecule has 0 atom stereocenters. The Hall–Kier alpha value is -2.41. The first-order chi connectivity index (χ1) is 17.3. The third-order valence-electron chi connectivity index (χ3n) is 5.46. The van der Waals surface area contributed by atoms with Crippen molar-refractivity contribution in [1.82, 2.24) is 5.01 Å². The van der Waals surface area contributed by atoms with Crippen LogP contribution in [0.25, 0.3) is 0 Å². The zero-order valence-electron chi connectivity index (χ0n) is 23.3. The van der Waals surface area contributed by atoms with E-state index in [1.807, 2.05) is 52.0 Å². The fourth-order valence-electron chi connectivity index (χ4n) is 3.35. The minimum absolute atomic E-state index is 0.152. The number of hydrogen-bond donors (Lipinski definition) is 3. The second-order valence-corrected chi connectivity index (χ2v) is 8.63. The van der Waals surface area contributed by atoms with Crippen LogP contribution in [-0.4, -0.2) is 42.4 Å². The molecule has 0 aliphatic heterocycles. The number of alkyl halides is 1. The zero-order valence-corrected chi connectivity index (χ0v) is 24.1. The summed E-state index contributed by atoms with van der Waals surface area (Å²) in [6, 6.07) is 16.4. The lowest BCUT2D eigenvalue weighted by Crippen LogP contribution is -2.35. The number of aliphatic hydroxyl groups excluding tert-OH is 1. The second-order valence-electron chi connectivity index (χ2n) is 8.25. The summed E-state index contributed by atoms with van der Waals surface area (Å²) in [5.41, 5.74) is 9.03. The molecule has 0 bridgehead atoms. The molecule has 36 heavy (non-hydrogen) atoms. The van der Waals surface area contributed by atoms with Crippen molar-refractivity contribution >= 4 is 11.6 Å². The molecule has 0 saturated heterocycles. The molecule has 6 nitrogen and oxygen atoms in total. The van der Waals surface area contributed by atoms with E-state index in [-0.39, 0.29) is 12.0 Å². The highest BCUT2D eigenvalue weighted by Crippen LogP contribution is 2.33. The van der Waals surface area contributed by atoms with Gasteiger partial charge in [-0.3, -0.25) is 0 Å². The van der Waals surface area contributed by atoms with Gasteiger partial charge in [0.25, 0.3) is 0 Å². The van der Waals surface area contributed by atoms with Gasteiger partial charge in [0.05, 0.1) is 25.5 Å². The number of ether oxygens (including phenoxy) is 2. The number of aliphatic hydroxyl groups is 1. The molecule has 0 radical (unpaired) electrons. The fraction of sp³-hybridized carbons (Fsp3) is 0.517. The molecule has 204 valence electrons. The molecule has 0 fully saturated rings. The smallest absolute Gasteiger partial charge is 0.119 e. The average molecular weight is 522 g/mol. The van der Waals surface area contributed by atoms with Crippen molar-refractivity contribution in [3.05, 3.63) is 71.1 Å². The summed E-state index contributed by atoms with van der Waals surface area (Å²) in [7, 11) is 0. The van der Waals surface area contributed by atoms with Crippen LogP contribution in [0.2, 0.25) is 0 Å². The maximum atomic E-state index is 9.33. The Morgan fingerprint density at radius 1 is 0.861 bits per heavy atom. The Labute approximate surface area is 224 Å². The molecule has 0 heterocycles. The Bertz CT molecular complexity index is 849. The first kappa shape index (κ1) is 33.6. The van der Waals surface area contributed by atoms with Gasteiger partial charge in [-0.2, -0.15) is 0 Å². The van der Waals surface area contributed by atoms with Crippen LogP contribution in [0, 0.1) is 0 Å². The van der Waals surface area contributed by atoms with Gasteiger partial charge in [0.15, 0.2) is 0 Å². The van der Waals surface area contributed by atoms with Gasteiger partial charge in [-0.25, -0.2) is 5.84 Å². The highest BCUT2D eigenvalue weighted by Gasteiger charge is 2.23. The molecule has 0 amide bonds. The van der Waals surface area contributed by atoms with Gasteiger partial charge in [0.2, 0.25) is 0 Å². The minimum Gasteiger partial charge on any atom is -0.494 e. The molecule has 5 N–H and O–H groups in total. The lowest BCUT2D eigenvalue weighted by molar-refractivity contribution is 0.230. The van der Waals surface area contributed by atoms with Crippen LogP contribution in [-0.2, 0) is 5.41 Å². The molecule has 2 aromatic rings. The van der Waals surface area contributed by atoms with E-state index >= 15 is 0 Å². The van der Waals surface area contributed by atoms with Gasteiger partial charge in [-0.1, -0.05) is 65.8 Å². The normalized spacial score (nSPS) is 11.3. The predicted octanol–water partition coefficient (Wildman–Crippen LogP) is 6.20. The number of rotatable bonds is 13. The van der Waals surface area contributed by atoms with Gasteiger partial charge in [-0.05, 0) is 48.7 Å². The fourth-order valence-corrected chi connectivity index (χ4v) is 3.46. The molecule has 0 aliphatic rings. The van der Waals surface area contributed by atoms with Crippen LogP contribution in [0.15, 0.2) is 59.9 Å². The van der Waals surface area contributed by atoms with E-state index in [9.17, 15) is 5.11 Å². The van der Waals surface area contributed by atoms with Crippen molar-refractivity contribution in [2.24, 2.45) is 11.6 Å². The Morgan fingerprint density at radius 2 is 1.28 bits per heavy atom. The number of nitrogens with two attached hydrogens (primary N) is 2. The van der Waals surface area contributed by atoms with Crippen molar-refractivity contribution in [3.63, 3.8) is 0 Å². The molecule has 0 aromatic heterocycles. The number of benzene rings is 2. The highest BCUT2D eigenvalue weighted by molar-refractivity contribution is 6.17. The molecule has 0 spiro atoms. The summed E-state index contributed by atoms with van der Waals surface area (Å²) in [4.78, 5) is 0. The third kappa shape index (κ3) is 11.1. The van der Waals surface area contributed by atoms with E-state index in [2.05, 4.69) is 38.1 Å². The van der Waals surface area contributed by atoms with E-state index in [1.165, 1.54) is 16.1 Å². The van der Waals surface area contributed by atoms with E-state index < -0.39 is 0 Å². The van der Waals surface area contributed by atoms with Gasteiger partial charge in [0, 0.05) is 30.0 Å². The van der Waals surface area contributed by atoms with Crippen molar-refractivity contribution in [3.8, 4) is 11.5 Å². The van der Waals surface area contributed by atoms with Crippen LogP contribution in [0.1, 0.15) is 72.4 Å². The van der Waals surface area contributed by atoms with Crippen molar-refractivity contribution in [1.29, 1.82) is 0 Å². The average Bonchev–Trinajstić information content (AvgIpc) is 2.90. The minimum atomic E-state index is -0.180. The Morgan fingerprint density at radius 3 is 1.64 bits per heavy atom. The zero-order chi connectivity index (χ0) is 27.6. The molecule has 0 aliphatic carbocycles. The van der Waals surface area contributed by atoms with Crippen LogP contribution in [0.5, 0.6) is 11.5 Å². The molecular weight excluding hydrogens is 474 g/mol.